The summed E-state index contributed by atoms with van der Waals surface area (Å²) in [6.45, 7) is 5.72. The van der Waals surface area contributed by atoms with Crippen molar-refractivity contribution in [2.75, 3.05) is 31.5 Å². The molecule has 2 heterocycles. The van der Waals surface area contributed by atoms with Gasteiger partial charge in [-0.1, -0.05) is 6.92 Å². The van der Waals surface area contributed by atoms with Gasteiger partial charge in [-0.15, -0.1) is 11.3 Å². The molecule has 0 spiro atoms. The van der Waals surface area contributed by atoms with Crippen molar-refractivity contribution in [2.45, 2.75) is 32.2 Å². The fourth-order valence-electron chi connectivity index (χ4n) is 2.48. The molecule has 1 aromatic heterocycles. The van der Waals surface area contributed by atoms with Crippen LogP contribution in [0.15, 0.2) is 11.6 Å². The Balaban J connectivity index is 1.86. The van der Waals surface area contributed by atoms with E-state index in [0.29, 0.717) is 17.7 Å². The zero-order chi connectivity index (χ0) is 13.5. The number of aromatic nitrogens is 1. The fraction of sp³-hybridized carbons (Fsp3) is 0.692. The maximum atomic E-state index is 12.0. The summed E-state index contributed by atoms with van der Waals surface area (Å²) in [5.74, 6) is 0.0435. The first kappa shape index (κ1) is 14.4. The molecular formula is C13H22N4OS. The normalized spacial score (nSPS) is 16.7. The van der Waals surface area contributed by atoms with E-state index in [4.69, 9.17) is 0 Å². The third kappa shape index (κ3) is 4.56. The van der Waals surface area contributed by atoms with Crippen LogP contribution in [-0.4, -0.2) is 48.0 Å². The van der Waals surface area contributed by atoms with Crippen LogP contribution in [-0.2, 0) is 4.79 Å². The van der Waals surface area contributed by atoms with Gasteiger partial charge in [0, 0.05) is 17.6 Å². The molecule has 2 N–H and O–H groups in total. The Labute approximate surface area is 118 Å². The van der Waals surface area contributed by atoms with Crippen LogP contribution in [0.4, 0.5) is 5.13 Å². The summed E-state index contributed by atoms with van der Waals surface area (Å²) in [5, 5.41) is 8.78. The van der Waals surface area contributed by atoms with Crippen molar-refractivity contribution in [3.63, 3.8) is 0 Å². The predicted octanol–water partition coefficient (Wildman–Crippen LogP) is 1.55. The Bertz CT molecular complexity index is 376. The topological polar surface area (TPSA) is 57.3 Å². The maximum Gasteiger partial charge on any atom is 0.240 e. The van der Waals surface area contributed by atoms with E-state index < -0.39 is 0 Å². The highest BCUT2D eigenvalue weighted by molar-refractivity contribution is 7.13. The largest absolute Gasteiger partial charge is 0.317 e. The van der Waals surface area contributed by atoms with Gasteiger partial charge < -0.3 is 10.6 Å². The molecule has 1 aliphatic rings. The van der Waals surface area contributed by atoms with Gasteiger partial charge in [0.25, 0.3) is 0 Å². The molecule has 0 unspecified atom stereocenters. The second-order valence-electron chi connectivity index (χ2n) is 4.84. The summed E-state index contributed by atoms with van der Waals surface area (Å²) in [5.41, 5.74) is 0. The summed E-state index contributed by atoms with van der Waals surface area (Å²) in [6.07, 6.45) is 5.04. The molecule has 6 heteroatoms. The summed E-state index contributed by atoms with van der Waals surface area (Å²) in [6, 6.07) is 0.531. The third-order valence-corrected chi connectivity index (χ3v) is 4.05. The molecule has 0 aliphatic carbocycles. The number of nitrogens with zero attached hydrogens (tertiary/aromatic N) is 2. The monoisotopic (exact) mass is 282 g/mol. The lowest BCUT2D eigenvalue weighted by Gasteiger charge is -2.33. The van der Waals surface area contributed by atoms with Gasteiger partial charge >= 0.3 is 0 Å². The molecule has 0 aromatic carbocycles. The first-order valence-electron chi connectivity index (χ1n) is 6.93. The van der Waals surface area contributed by atoms with E-state index in [1.54, 1.807) is 6.20 Å². The van der Waals surface area contributed by atoms with Crippen LogP contribution >= 0.6 is 11.3 Å². The van der Waals surface area contributed by atoms with Crippen LogP contribution in [0.2, 0.25) is 0 Å². The van der Waals surface area contributed by atoms with E-state index >= 15 is 0 Å². The molecule has 1 amide bonds. The van der Waals surface area contributed by atoms with Gasteiger partial charge in [0.2, 0.25) is 5.91 Å². The third-order valence-electron chi connectivity index (χ3n) is 3.36. The number of thiazole rings is 1. The highest BCUT2D eigenvalue weighted by Crippen LogP contribution is 2.14. The number of hydrogen-bond acceptors (Lipinski definition) is 5. The van der Waals surface area contributed by atoms with Gasteiger partial charge in [-0.2, -0.15) is 0 Å². The molecule has 0 atom stereocenters. The molecule has 1 aliphatic heterocycles. The minimum Gasteiger partial charge on any atom is -0.317 e. The van der Waals surface area contributed by atoms with E-state index in [1.807, 2.05) is 5.38 Å². The van der Waals surface area contributed by atoms with Crippen LogP contribution in [0.3, 0.4) is 0 Å². The van der Waals surface area contributed by atoms with Crippen molar-refractivity contribution in [3.05, 3.63) is 11.6 Å². The summed E-state index contributed by atoms with van der Waals surface area (Å²) < 4.78 is 0. The molecule has 19 heavy (non-hydrogen) atoms. The van der Waals surface area contributed by atoms with Gasteiger partial charge in [0.1, 0.15) is 0 Å². The Kier molecular flexibility index (Phi) is 5.75. The van der Waals surface area contributed by atoms with Crippen molar-refractivity contribution in [2.24, 2.45) is 0 Å². The zero-order valence-electron chi connectivity index (χ0n) is 11.4. The van der Waals surface area contributed by atoms with Crippen LogP contribution in [0.5, 0.6) is 0 Å². The molecule has 1 fully saturated rings. The molecular weight excluding hydrogens is 260 g/mol. The van der Waals surface area contributed by atoms with Crippen molar-refractivity contribution < 1.29 is 4.79 Å². The molecule has 106 valence electrons. The molecule has 2 rings (SSSR count). The van der Waals surface area contributed by atoms with E-state index in [2.05, 4.69) is 27.4 Å². The van der Waals surface area contributed by atoms with Crippen molar-refractivity contribution in [1.29, 1.82) is 0 Å². The molecule has 1 saturated heterocycles. The maximum absolute atomic E-state index is 12.0. The number of amides is 1. The number of piperidine rings is 1. The Morgan fingerprint density at radius 1 is 1.58 bits per heavy atom. The second kappa shape index (κ2) is 7.57. The van der Waals surface area contributed by atoms with Gasteiger partial charge in [-0.25, -0.2) is 4.98 Å². The van der Waals surface area contributed by atoms with Crippen LogP contribution in [0.1, 0.15) is 26.2 Å². The number of rotatable bonds is 6. The summed E-state index contributed by atoms with van der Waals surface area (Å²) >= 11 is 1.46. The van der Waals surface area contributed by atoms with Gasteiger partial charge in [-0.3, -0.25) is 9.69 Å². The molecule has 0 radical (unpaired) electrons. The first-order valence-corrected chi connectivity index (χ1v) is 7.81. The molecule has 0 bridgehead atoms. The Morgan fingerprint density at radius 2 is 2.37 bits per heavy atom. The number of nitrogens with one attached hydrogen (secondary N) is 2. The lowest BCUT2D eigenvalue weighted by molar-refractivity contribution is -0.118. The lowest BCUT2D eigenvalue weighted by atomic mass is 10.0. The highest BCUT2D eigenvalue weighted by Gasteiger charge is 2.22. The molecule has 1 aromatic rings. The second-order valence-corrected chi connectivity index (χ2v) is 5.73. The minimum absolute atomic E-state index is 0.0435. The fourth-order valence-corrected chi connectivity index (χ4v) is 3.02. The minimum atomic E-state index is 0.0435. The SMILES string of the molecule is CCCN(CC(=O)Nc1nccs1)C1CCNCC1. The number of hydrogen-bond donors (Lipinski definition) is 2. The van der Waals surface area contributed by atoms with Crippen molar-refractivity contribution >= 4 is 22.4 Å². The number of anilines is 1. The average molecular weight is 282 g/mol. The summed E-state index contributed by atoms with van der Waals surface area (Å²) in [7, 11) is 0. The van der Waals surface area contributed by atoms with E-state index in [0.717, 1.165) is 38.9 Å². The molecule has 5 nitrogen and oxygen atoms in total. The van der Waals surface area contributed by atoms with E-state index in [1.165, 1.54) is 11.3 Å². The van der Waals surface area contributed by atoms with Gasteiger partial charge in [0.15, 0.2) is 5.13 Å². The standard InChI is InChI=1S/C13H22N4OS/c1-2-8-17(11-3-5-14-6-4-11)10-12(18)16-13-15-7-9-19-13/h7,9,11,14H,2-6,8,10H2,1H3,(H,15,16,18). The molecule has 0 saturated carbocycles. The van der Waals surface area contributed by atoms with Gasteiger partial charge in [0.05, 0.1) is 6.54 Å². The average Bonchev–Trinajstić information content (AvgIpc) is 2.92. The van der Waals surface area contributed by atoms with Crippen LogP contribution in [0, 0.1) is 0 Å². The summed E-state index contributed by atoms with van der Waals surface area (Å²) in [4.78, 5) is 18.4. The van der Waals surface area contributed by atoms with Crippen LogP contribution < -0.4 is 10.6 Å². The zero-order valence-corrected chi connectivity index (χ0v) is 12.2. The smallest absolute Gasteiger partial charge is 0.240 e. The Hall–Kier alpha value is -0.980. The van der Waals surface area contributed by atoms with E-state index in [9.17, 15) is 4.79 Å². The quantitative estimate of drug-likeness (QED) is 0.831. The van der Waals surface area contributed by atoms with Gasteiger partial charge in [-0.05, 0) is 38.9 Å². The predicted molar refractivity (Wildman–Crippen MR) is 78.5 cm³/mol. The number of carbonyl (C=O) groups excluding carboxylic acids is 1. The highest BCUT2D eigenvalue weighted by atomic mass is 32.1. The van der Waals surface area contributed by atoms with Crippen LogP contribution in [0.25, 0.3) is 0 Å². The van der Waals surface area contributed by atoms with E-state index in [-0.39, 0.29) is 5.91 Å². The lowest BCUT2D eigenvalue weighted by Crippen LogP contribution is -2.46. The van der Waals surface area contributed by atoms with Crippen molar-refractivity contribution in [3.8, 4) is 0 Å². The Morgan fingerprint density at radius 3 is 3.00 bits per heavy atom. The van der Waals surface area contributed by atoms with Crippen molar-refractivity contribution in [1.82, 2.24) is 15.2 Å². The number of carbonyl (C=O) groups is 1. The first-order chi connectivity index (χ1) is 9.29.